The molecule has 158 valence electrons. The zero-order valence-electron chi connectivity index (χ0n) is 17.6. The van der Waals surface area contributed by atoms with E-state index in [1.165, 1.54) is 10.3 Å². The molecule has 2 heterocycles. The maximum Gasteiger partial charge on any atom is 0.251 e. The summed E-state index contributed by atoms with van der Waals surface area (Å²) >= 11 is 1.79. The van der Waals surface area contributed by atoms with Crippen molar-refractivity contribution in [3.63, 3.8) is 0 Å². The number of anilines is 1. The molecule has 1 amide bonds. The third kappa shape index (κ3) is 4.57. The smallest absolute Gasteiger partial charge is 0.251 e. The van der Waals surface area contributed by atoms with Crippen LogP contribution in [0.4, 0.5) is 5.13 Å². The number of fused-ring (bicyclic) bond motifs is 1. The number of piperazine rings is 1. The van der Waals surface area contributed by atoms with Crippen molar-refractivity contribution in [2.45, 2.75) is 13.3 Å². The van der Waals surface area contributed by atoms with Gasteiger partial charge < -0.3 is 15.0 Å². The molecule has 7 heteroatoms. The Hall–Kier alpha value is -2.64. The summed E-state index contributed by atoms with van der Waals surface area (Å²) in [7, 11) is 1.60. The van der Waals surface area contributed by atoms with E-state index in [1.54, 1.807) is 30.6 Å². The average Bonchev–Trinajstić information content (AvgIpc) is 3.24. The Morgan fingerprint density at radius 1 is 1.17 bits per heavy atom. The van der Waals surface area contributed by atoms with Gasteiger partial charge >= 0.3 is 0 Å². The second-order valence-electron chi connectivity index (χ2n) is 7.43. The fourth-order valence-corrected chi connectivity index (χ4v) is 4.84. The standard InChI is InChI=1S/C23H28N4O2S/c1-3-17-6-5-9-20-21(17)25-23(30-20)27-14-12-26(13-15-27)11-10-24-22(28)18-7-4-8-19(16-18)29-2/h4-9,16H,3,10-15H2,1-2H3,(H,24,28). The number of carbonyl (C=O) groups is 1. The molecule has 1 aliphatic rings. The van der Waals surface area contributed by atoms with Crippen molar-refractivity contribution >= 4 is 32.6 Å². The Bertz CT molecular complexity index is 1010. The number of hydrogen-bond donors (Lipinski definition) is 1. The maximum atomic E-state index is 12.3. The summed E-state index contributed by atoms with van der Waals surface area (Å²) < 4.78 is 6.46. The number of aryl methyl sites for hydroxylation is 1. The van der Waals surface area contributed by atoms with E-state index in [0.717, 1.165) is 49.8 Å². The molecule has 6 nitrogen and oxygen atoms in total. The first-order valence-corrected chi connectivity index (χ1v) is 11.3. The first-order chi connectivity index (χ1) is 14.7. The van der Waals surface area contributed by atoms with E-state index in [-0.39, 0.29) is 5.91 Å². The second-order valence-corrected chi connectivity index (χ2v) is 8.44. The van der Waals surface area contributed by atoms with Gasteiger partial charge in [-0.25, -0.2) is 4.98 Å². The number of methoxy groups -OCH3 is 1. The molecule has 0 atom stereocenters. The third-order valence-corrected chi connectivity index (χ3v) is 6.64. The van der Waals surface area contributed by atoms with Crippen molar-refractivity contribution < 1.29 is 9.53 Å². The van der Waals surface area contributed by atoms with Gasteiger partial charge in [0.25, 0.3) is 5.91 Å². The average molecular weight is 425 g/mol. The summed E-state index contributed by atoms with van der Waals surface area (Å²) in [6.07, 6.45) is 1.01. The molecule has 3 aromatic rings. The van der Waals surface area contributed by atoms with Crippen LogP contribution in [0.3, 0.4) is 0 Å². The monoisotopic (exact) mass is 424 g/mol. The van der Waals surface area contributed by atoms with Gasteiger partial charge in [-0.1, -0.05) is 36.5 Å². The van der Waals surface area contributed by atoms with Crippen LogP contribution in [0.15, 0.2) is 42.5 Å². The summed E-state index contributed by atoms with van der Waals surface area (Å²) in [5.41, 5.74) is 3.10. The molecule has 0 spiro atoms. The van der Waals surface area contributed by atoms with Crippen molar-refractivity contribution in [1.29, 1.82) is 0 Å². The van der Waals surface area contributed by atoms with Crippen LogP contribution >= 0.6 is 11.3 Å². The fourth-order valence-electron chi connectivity index (χ4n) is 3.77. The number of aromatic nitrogens is 1. The van der Waals surface area contributed by atoms with Gasteiger partial charge in [0.2, 0.25) is 0 Å². The molecule has 0 radical (unpaired) electrons. The number of hydrogen-bond acceptors (Lipinski definition) is 6. The van der Waals surface area contributed by atoms with Gasteiger partial charge in [-0.2, -0.15) is 0 Å². The number of rotatable bonds is 7. The molecular formula is C23H28N4O2S. The quantitative estimate of drug-likeness (QED) is 0.630. The van der Waals surface area contributed by atoms with E-state index in [2.05, 4.69) is 40.2 Å². The van der Waals surface area contributed by atoms with Crippen LogP contribution in [0.5, 0.6) is 5.75 Å². The lowest BCUT2D eigenvalue weighted by molar-refractivity contribution is 0.0947. The predicted molar refractivity (Wildman–Crippen MR) is 123 cm³/mol. The highest BCUT2D eigenvalue weighted by Crippen LogP contribution is 2.31. The molecule has 30 heavy (non-hydrogen) atoms. The molecule has 1 aromatic heterocycles. The Morgan fingerprint density at radius 2 is 1.97 bits per heavy atom. The van der Waals surface area contributed by atoms with Gasteiger partial charge in [0.15, 0.2) is 5.13 Å². The molecule has 0 aliphatic carbocycles. The van der Waals surface area contributed by atoms with Crippen LogP contribution < -0.4 is 15.0 Å². The molecule has 1 N–H and O–H groups in total. The van der Waals surface area contributed by atoms with Crippen LogP contribution in [-0.2, 0) is 6.42 Å². The SMILES string of the molecule is CCc1cccc2sc(N3CCN(CCNC(=O)c4cccc(OC)c4)CC3)nc12. The van der Waals surface area contributed by atoms with E-state index in [1.807, 2.05) is 12.1 Å². The molecule has 0 bridgehead atoms. The van der Waals surface area contributed by atoms with Crippen molar-refractivity contribution in [3.8, 4) is 5.75 Å². The van der Waals surface area contributed by atoms with Crippen LogP contribution in [0.25, 0.3) is 10.2 Å². The van der Waals surface area contributed by atoms with E-state index < -0.39 is 0 Å². The maximum absolute atomic E-state index is 12.3. The minimum Gasteiger partial charge on any atom is -0.497 e. The number of benzene rings is 2. The molecule has 0 saturated carbocycles. The Balaban J connectivity index is 1.26. The first kappa shape index (κ1) is 20.6. The molecule has 1 aliphatic heterocycles. The van der Waals surface area contributed by atoms with Gasteiger partial charge in [-0.05, 0) is 36.2 Å². The third-order valence-electron chi connectivity index (χ3n) is 5.56. The minimum absolute atomic E-state index is 0.0614. The summed E-state index contributed by atoms with van der Waals surface area (Å²) in [5.74, 6) is 0.633. The highest BCUT2D eigenvalue weighted by Gasteiger charge is 2.20. The Labute approximate surface area is 181 Å². The summed E-state index contributed by atoms with van der Waals surface area (Å²) in [4.78, 5) is 22.0. The molecule has 0 unspecified atom stereocenters. The number of thiazole rings is 1. The molecular weight excluding hydrogens is 396 g/mol. The van der Waals surface area contributed by atoms with Crippen LogP contribution in [0.1, 0.15) is 22.8 Å². The lowest BCUT2D eigenvalue weighted by atomic mass is 10.1. The van der Waals surface area contributed by atoms with E-state index >= 15 is 0 Å². The van der Waals surface area contributed by atoms with E-state index in [9.17, 15) is 4.79 Å². The highest BCUT2D eigenvalue weighted by molar-refractivity contribution is 7.22. The summed E-state index contributed by atoms with van der Waals surface area (Å²) in [6, 6.07) is 13.7. The van der Waals surface area contributed by atoms with Gasteiger partial charge in [0, 0.05) is 44.8 Å². The largest absolute Gasteiger partial charge is 0.497 e. The number of nitrogens with one attached hydrogen (secondary N) is 1. The van der Waals surface area contributed by atoms with Crippen molar-refractivity contribution in [1.82, 2.24) is 15.2 Å². The topological polar surface area (TPSA) is 57.7 Å². The predicted octanol–water partition coefficient (Wildman–Crippen LogP) is 3.42. The second kappa shape index (κ2) is 9.45. The van der Waals surface area contributed by atoms with Gasteiger partial charge in [-0.3, -0.25) is 9.69 Å². The number of nitrogens with zero attached hydrogens (tertiary/aromatic N) is 3. The van der Waals surface area contributed by atoms with Gasteiger partial charge in [-0.15, -0.1) is 0 Å². The van der Waals surface area contributed by atoms with E-state index in [0.29, 0.717) is 17.9 Å². The zero-order valence-corrected chi connectivity index (χ0v) is 18.4. The lowest BCUT2D eigenvalue weighted by Gasteiger charge is -2.34. The molecule has 1 fully saturated rings. The van der Waals surface area contributed by atoms with Crippen LogP contribution in [0, 0.1) is 0 Å². The summed E-state index contributed by atoms with van der Waals surface area (Å²) in [5, 5.41) is 4.13. The van der Waals surface area contributed by atoms with Crippen molar-refractivity contribution in [3.05, 3.63) is 53.6 Å². The van der Waals surface area contributed by atoms with Gasteiger partial charge in [0.1, 0.15) is 5.75 Å². The number of amides is 1. The summed E-state index contributed by atoms with van der Waals surface area (Å²) in [6.45, 7) is 7.55. The van der Waals surface area contributed by atoms with Crippen LogP contribution in [-0.4, -0.2) is 62.2 Å². The van der Waals surface area contributed by atoms with Crippen molar-refractivity contribution in [2.24, 2.45) is 0 Å². The number of para-hydroxylation sites is 1. The lowest BCUT2D eigenvalue weighted by Crippen LogP contribution is -2.48. The minimum atomic E-state index is -0.0614. The molecule has 2 aromatic carbocycles. The number of carbonyl (C=O) groups excluding carboxylic acids is 1. The van der Waals surface area contributed by atoms with E-state index in [4.69, 9.17) is 9.72 Å². The number of ether oxygens (including phenoxy) is 1. The van der Waals surface area contributed by atoms with Gasteiger partial charge in [0.05, 0.1) is 17.3 Å². The highest BCUT2D eigenvalue weighted by atomic mass is 32.1. The fraction of sp³-hybridized carbons (Fsp3) is 0.391. The Morgan fingerprint density at radius 3 is 2.73 bits per heavy atom. The molecule has 1 saturated heterocycles. The normalized spacial score (nSPS) is 14.8. The van der Waals surface area contributed by atoms with Crippen molar-refractivity contribution in [2.75, 3.05) is 51.3 Å². The Kier molecular flexibility index (Phi) is 6.50. The zero-order chi connectivity index (χ0) is 20.9. The first-order valence-electron chi connectivity index (χ1n) is 10.5. The molecule has 4 rings (SSSR count). The van der Waals surface area contributed by atoms with Crippen LogP contribution in [0.2, 0.25) is 0 Å².